The maximum atomic E-state index is 5.66. The minimum Gasteiger partial charge on any atom is -0.355 e. The van der Waals surface area contributed by atoms with Gasteiger partial charge in [0.2, 0.25) is 0 Å². The van der Waals surface area contributed by atoms with Gasteiger partial charge in [-0.2, -0.15) is 0 Å². The van der Waals surface area contributed by atoms with Crippen molar-refractivity contribution in [1.82, 2.24) is 0 Å². The second kappa shape index (κ2) is 3.71. The van der Waals surface area contributed by atoms with E-state index in [4.69, 9.17) is 9.47 Å². The third-order valence-corrected chi connectivity index (χ3v) is 2.60. The average molecular weight is 192 g/mol. The SMILES string of the molecule is CC1(C)COCOC1c1ccccc1. The third-order valence-electron chi connectivity index (χ3n) is 2.60. The van der Waals surface area contributed by atoms with Crippen molar-refractivity contribution in [3.63, 3.8) is 0 Å². The molecule has 1 heterocycles. The van der Waals surface area contributed by atoms with Gasteiger partial charge < -0.3 is 9.47 Å². The monoisotopic (exact) mass is 192 g/mol. The quantitative estimate of drug-likeness (QED) is 0.681. The predicted octanol–water partition coefficient (Wildman–Crippen LogP) is 2.76. The fraction of sp³-hybridized carbons (Fsp3) is 0.500. The first kappa shape index (κ1) is 9.69. The molecule has 0 radical (unpaired) electrons. The fourth-order valence-electron chi connectivity index (χ4n) is 1.90. The molecular weight excluding hydrogens is 176 g/mol. The Bertz CT molecular complexity index is 292. The van der Waals surface area contributed by atoms with Crippen molar-refractivity contribution in [2.75, 3.05) is 13.4 Å². The summed E-state index contributed by atoms with van der Waals surface area (Å²) in [6, 6.07) is 10.3. The Morgan fingerprint density at radius 2 is 1.93 bits per heavy atom. The molecule has 0 aromatic heterocycles. The Morgan fingerprint density at radius 3 is 2.57 bits per heavy atom. The van der Waals surface area contributed by atoms with Crippen LogP contribution in [0, 0.1) is 5.41 Å². The summed E-state index contributed by atoms with van der Waals surface area (Å²) in [5.41, 5.74) is 1.29. The Labute approximate surface area is 84.8 Å². The Kier molecular flexibility index (Phi) is 2.57. The number of hydrogen-bond donors (Lipinski definition) is 0. The van der Waals surface area contributed by atoms with Gasteiger partial charge in [0.15, 0.2) is 0 Å². The van der Waals surface area contributed by atoms with Crippen LogP contribution in [0.25, 0.3) is 0 Å². The zero-order valence-corrected chi connectivity index (χ0v) is 8.69. The minimum atomic E-state index is 0.0552. The summed E-state index contributed by atoms with van der Waals surface area (Å²) in [5, 5.41) is 0. The highest BCUT2D eigenvalue weighted by atomic mass is 16.7. The largest absolute Gasteiger partial charge is 0.355 e. The summed E-state index contributed by atoms with van der Waals surface area (Å²) >= 11 is 0. The van der Waals surface area contributed by atoms with Crippen LogP contribution < -0.4 is 0 Å². The lowest BCUT2D eigenvalue weighted by Crippen LogP contribution is -2.35. The minimum absolute atomic E-state index is 0.0552. The standard InChI is InChI=1S/C12H16O2/c1-12(2)8-13-9-14-11(12)10-6-4-3-5-7-10/h3-7,11H,8-9H2,1-2H3. The van der Waals surface area contributed by atoms with Gasteiger partial charge in [-0.15, -0.1) is 0 Å². The van der Waals surface area contributed by atoms with Crippen LogP contribution in [0.1, 0.15) is 25.5 Å². The first-order valence-electron chi connectivity index (χ1n) is 4.94. The Balaban J connectivity index is 2.24. The van der Waals surface area contributed by atoms with Gasteiger partial charge in [-0.05, 0) is 5.56 Å². The highest BCUT2D eigenvalue weighted by molar-refractivity contribution is 5.19. The van der Waals surface area contributed by atoms with Crippen molar-refractivity contribution in [3.05, 3.63) is 35.9 Å². The summed E-state index contributed by atoms with van der Waals surface area (Å²) in [4.78, 5) is 0. The van der Waals surface area contributed by atoms with Gasteiger partial charge >= 0.3 is 0 Å². The maximum Gasteiger partial charge on any atom is 0.147 e. The molecule has 1 unspecified atom stereocenters. The molecule has 2 rings (SSSR count). The molecule has 2 heteroatoms. The molecule has 1 aliphatic heterocycles. The molecule has 1 aromatic carbocycles. The zero-order chi connectivity index (χ0) is 10.0. The zero-order valence-electron chi connectivity index (χ0n) is 8.69. The van der Waals surface area contributed by atoms with E-state index in [2.05, 4.69) is 26.0 Å². The second-order valence-corrected chi connectivity index (χ2v) is 4.41. The Hall–Kier alpha value is -0.860. The molecule has 1 aromatic rings. The van der Waals surface area contributed by atoms with Crippen LogP contribution in [-0.4, -0.2) is 13.4 Å². The van der Waals surface area contributed by atoms with Crippen molar-refractivity contribution in [2.45, 2.75) is 20.0 Å². The summed E-state index contributed by atoms with van der Waals surface area (Å²) in [7, 11) is 0. The molecule has 76 valence electrons. The first-order valence-corrected chi connectivity index (χ1v) is 4.94. The van der Waals surface area contributed by atoms with E-state index < -0.39 is 0 Å². The van der Waals surface area contributed by atoms with Crippen molar-refractivity contribution < 1.29 is 9.47 Å². The molecule has 0 N–H and O–H groups in total. The molecule has 0 aliphatic carbocycles. The van der Waals surface area contributed by atoms with Crippen LogP contribution >= 0.6 is 0 Å². The van der Waals surface area contributed by atoms with Gasteiger partial charge in [-0.3, -0.25) is 0 Å². The lowest BCUT2D eigenvalue weighted by atomic mass is 9.83. The third kappa shape index (κ3) is 1.81. The van der Waals surface area contributed by atoms with E-state index in [0.717, 1.165) is 6.61 Å². The first-order chi connectivity index (χ1) is 6.70. The van der Waals surface area contributed by atoms with Gasteiger partial charge in [-0.25, -0.2) is 0 Å². The molecule has 1 atom stereocenters. The van der Waals surface area contributed by atoms with Crippen LogP contribution in [0.15, 0.2) is 30.3 Å². The lowest BCUT2D eigenvalue weighted by molar-refractivity contribution is -0.202. The molecule has 0 spiro atoms. The number of hydrogen-bond acceptors (Lipinski definition) is 2. The molecular formula is C12H16O2. The van der Waals surface area contributed by atoms with Gasteiger partial charge in [-0.1, -0.05) is 44.2 Å². The summed E-state index contributed by atoms with van der Waals surface area (Å²) in [6.45, 7) is 5.50. The molecule has 0 saturated carbocycles. The molecule has 1 aliphatic rings. The topological polar surface area (TPSA) is 18.5 Å². The smallest absolute Gasteiger partial charge is 0.147 e. The molecule has 14 heavy (non-hydrogen) atoms. The van der Waals surface area contributed by atoms with Crippen molar-refractivity contribution in [1.29, 1.82) is 0 Å². The number of rotatable bonds is 1. The van der Waals surface area contributed by atoms with Crippen molar-refractivity contribution >= 4 is 0 Å². The molecule has 0 amide bonds. The van der Waals surface area contributed by atoms with E-state index in [1.807, 2.05) is 18.2 Å². The molecule has 1 fully saturated rings. The van der Waals surface area contributed by atoms with Gasteiger partial charge in [0.05, 0.1) is 12.7 Å². The van der Waals surface area contributed by atoms with Gasteiger partial charge in [0.1, 0.15) is 6.79 Å². The summed E-state index contributed by atoms with van der Waals surface area (Å²) in [5.74, 6) is 0. The number of benzene rings is 1. The van der Waals surface area contributed by atoms with Crippen LogP contribution in [0.4, 0.5) is 0 Å². The number of ether oxygens (including phenoxy) is 2. The molecule has 2 nitrogen and oxygen atoms in total. The fourth-order valence-corrected chi connectivity index (χ4v) is 1.90. The van der Waals surface area contributed by atoms with E-state index in [0.29, 0.717) is 6.79 Å². The lowest BCUT2D eigenvalue weighted by Gasteiger charge is -2.38. The van der Waals surface area contributed by atoms with E-state index in [9.17, 15) is 0 Å². The maximum absolute atomic E-state index is 5.66. The highest BCUT2D eigenvalue weighted by Gasteiger charge is 2.35. The molecule has 1 saturated heterocycles. The van der Waals surface area contributed by atoms with E-state index in [-0.39, 0.29) is 11.5 Å². The average Bonchev–Trinajstić information content (AvgIpc) is 2.18. The van der Waals surface area contributed by atoms with Crippen LogP contribution in [0.5, 0.6) is 0 Å². The predicted molar refractivity (Wildman–Crippen MR) is 54.9 cm³/mol. The van der Waals surface area contributed by atoms with Crippen molar-refractivity contribution in [3.8, 4) is 0 Å². The summed E-state index contributed by atoms with van der Waals surface area (Å²) < 4.78 is 11.0. The normalized spacial score (nSPS) is 26.0. The van der Waals surface area contributed by atoms with Crippen LogP contribution in [0.3, 0.4) is 0 Å². The van der Waals surface area contributed by atoms with E-state index in [1.165, 1.54) is 5.56 Å². The highest BCUT2D eigenvalue weighted by Crippen LogP contribution is 2.39. The van der Waals surface area contributed by atoms with E-state index >= 15 is 0 Å². The second-order valence-electron chi connectivity index (χ2n) is 4.41. The van der Waals surface area contributed by atoms with Crippen LogP contribution in [0.2, 0.25) is 0 Å². The van der Waals surface area contributed by atoms with E-state index in [1.54, 1.807) is 0 Å². The summed E-state index contributed by atoms with van der Waals surface area (Å²) in [6.07, 6.45) is 0.150. The van der Waals surface area contributed by atoms with Gasteiger partial charge in [0, 0.05) is 5.41 Å². The molecule has 0 bridgehead atoms. The van der Waals surface area contributed by atoms with Crippen molar-refractivity contribution in [2.24, 2.45) is 5.41 Å². The van der Waals surface area contributed by atoms with Gasteiger partial charge in [0.25, 0.3) is 0 Å². The Morgan fingerprint density at radius 1 is 1.21 bits per heavy atom. The van der Waals surface area contributed by atoms with Crippen LogP contribution in [-0.2, 0) is 9.47 Å².